The third-order valence-corrected chi connectivity index (χ3v) is 8.53. The molecule has 0 bridgehead atoms. The molecule has 4 aliphatic rings. The Bertz CT molecular complexity index is 569. The highest BCUT2D eigenvalue weighted by atomic mass is 16.7. The molecule has 2 saturated carbocycles. The lowest BCUT2D eigenvalue weighted by atomic mass is 9.48. The normalized spacial score (nSPS) is 43.1. The first-order valence-corrected chi connectivity index (χ1v) is 10.6. The van der Waals surface area contributed by atoms with Gasteiger partial charge in [-0.2, -0.15) is 0 Å². The maximum absolute atomic E-state index is 6.01. The van der Waals surface area contributed by atoms with Crippen LogP contribution in [0.15, 0.2) is 23.8 Å². The molecule has 3 aliphatic carbocycles. The monoisotopic (exact) mass is 344 g/mol. The van der Waals surface area contributed by atoms with Gasteiger partial charge in [0.05, 0.1) is 13.2 Å². The van der Waals surface area contributed by atoms with Gasteiger partial charge in [-0.15, -0.1) is 0 Å². The summed E-state index contributed by atoms with van der Waals surface area (Å²) in [7, 11) is 0. The van der Waals surface area contributed by atoms with Gasteiger partial charge in [0.25, 0.3) is 0 Å². The van der Waals surface area contributed by atoms with E-state index in [4.69, 9.17) is 9.47 Å². The Morgan fingerprint density at radius 3 is 2.60 bits per heavy atom. The highest BCUT2D eigenvalue weighted by Crippen LogP contribution is 2.61. The zero-order valence-corrected chi connectivity index (χ0v) is 16.6. The molecule has 0 radical (unpaired) electrons. The third-order valence-electron chi connectivity index (χ3n) is 8.53. The van der Waals surface area contributed by atoms with Gasteiger partial charge in [-0.25, -0.2) is 0 Å². The molecule has 0 aromatic carbocycles. The molecule has 1 spiro atoms. The van der Waals surface area contributed by atoms with Gasteiger partial charge in [0.1, 0.15) is 0 Å². The number of ether oxygens (including phenoxy) is 2. The third kappa shape index (κ3) is 2.58. The van der Waals surface area contributed by atoms with Crippen molar-refractivity contribution in [1.29, 1.82) is 0 Å². The van der Waals surface area contributed by atoms with Crippen LogP contribution in [0.25, 0.3) is 0 Å². The van der Waals surface area contributed by atoms with Crippen molar-refractivity contribution in [1.82, 2.24) is 0 Å². The molecule has 1 aliphatic heterocycles. The second kappa shape index (κ2) is 6.23. The summed E-state index contributed by atoms with van der Waals surface area (Å²) < 4.78 is 12.0. The lowest BCUT2D eigenvalue weighted by molar-refractivity contribution is -0.175. The van der Waals surface area contributed by atoms with Gasteiger partial charge in [0, 0.05) is 12.8 Å². The summed E-state index contributed by atoms with van der Waals surface area (Å²) in [6, 6.07) is 0. The summed E-state index contributed by atoms with van der Waals surface area (Å²) in [6.07, 6.45) is 9.55. The summed E-state index contributed by atoms with van der Waals surface area (Å²) in [6.45, 7) is 16.0. The zero-order chi connectivity index (χ0) is 17.8. The maximum Gasteiger partial charge on any atom is 0.172 e. The van der Waals surface area contributed by atoms with Gasteiger partial charge in [-0.1, -0.05) is 51.5 Å². The minimum atomic E-state index is -0.290. The first-order chi connectivity index (χ1) is 11.9. The zero-order valence-electron chi connectivity index (χ0n) is 16.6. The van der Waals surface area contributed by atoms with Crippen LogP contribution in [-0.4, -0.2) is 19.0 Å². The van der Waals surface area contributed by atoms with Crippen molar-refractivity contribution < 1.29 is 9.47 Å². The van der Waals surface area contributed by atoms with Crippen molar-refractivity contribution in [3.05, 3.63) is 23.8 Å². The van der Waals surface area contributed by atoms with Crippen LogP contribution in [0.5, 0.6) is 0 Å². The van der Waals surface area contributed by atoms with Crippen LogP contribution in [0.1, 0.15) is 66.2 Å². The molecule has 4 rings (SSSR count). The SMILES string of the molecule is C=C1CC(CC)(C(C)C)C(C)C2CC=C3CC4(CCC3C12)OCCO4. The van der Waals surface area contributed by atoms with E-state index in [1.54, 1.807) is 11.1 Å². The molecule has 0 N–H and O–H groups in total. The van der Waals surface area contributed by atoms with E-state index < -0.39 is 0 Å². The number of hydrogen-bond acceptors (Lipinski definition) is 2. The van der Waals surface area contributed by atoms with E-state index in [1.807, 2.05) is 0 Å². The van der Waals surface area contributed by atoms with Crippen molar-refractivity contribution in [3.8, 4) is 0 Å². The first kappa shape index (κ1) is 17.8. The van der Waals surface area contributed by atoms with Gasteiger partial charge in [0.15, 0.2) is 5.79 Å². The Balaban J connectivity index is 1.62. The fraction of sp³-hybridized carbons (Fsp3) is 0.826. The van der Waals surface area contributed by atoms with E-state index in [0.29, 0.717) is 17.3 Å². The molecule has 5 atom stereocenters. The van der Waals surface area contributed by atoms with Crippen molar-refractivity contribution >= 4 is 0 Å². The molecule has 1 heterocycles. The van der Waals surface area contributed by atoms with E-state index in [0.717, 1.165) is 43.8 Å². The lowest BCUT2D eigenvalue weighted by Gasteiger charge is -2.57. The van der Waals surface area contributed by atoms with Crippen LogP contribution in [0.3, 0.4) is 0 Å². The molecule has 0 amide bonds. The van der Waals surface area contributed by atoms with Crippen LogP contribution < -0.4 is 0 Å². The predicted octanol–water partition coefficient (Wildman–Crippen LogP) is 5.74. The highest BCUT2D eigenvalue weighted by molar-refractivity contribution is 5.28. The average Bonchev–Trinajstić information content (AvgIpc) is 3.04. The summed E-state index contributed by atoms with van der Waals surface area (Å²) >= 11 is 0. The number of rotatable bonds is 2. The van der Waals surface area contributed by atoms with E-state index in [9.17, 15) is 0 Å². The molecule has 25 heavy (non-hydrogen) atoms. The van der Waals surface area contributed by atoms with Crippen LogP contribution in [0, 0.1) is 35.0 Å². The summed E-state index contributed by atoms with van der Waals surface area (Å²) in [4.78, 5) is 0. The van der Waals surface area contributed by atoms with Gasteiger partial charge >= 0.3 is 0 Å². The van der Waals surface area contributed by atoms with Crippen LogP contribution in [0.4, 0.5) is 0 Å². The van der Waals surface area contributed by atoms with Crippen LogP contribution in [0.2, 0.25) is 0 Å². The molecule has 0 aromatic rings. The molecule has 140 valence electrons. The molecule has 3 fully saturated rings. The standard InChI is InChI=1S/C23H36O2/c1-6-22(15(2)3)13-16(4)21-19(17(22)5)8-7-18-14-23(10-9-20(18)21)24-11-12-25-23/h7,15,17,19-21H,4,6,8-14H2,1-3,5H3. The van der Waals surface area contributed by atoms with E-state index in [1.165, 1.54) is 25.7 Å². The predicted molar refractivity (Wildman–Crippen MR) is 102 cm³/mol. The molecule has 2 nitrogen and oxygen atoms in total. The fourth-order valence-electron chi connectivity index (χ4n) is 7.02. The smallest absolute Gasteiger partial charge is 0.172 e. The molecule has 2 heteroatoms. The number of hydrogen-bond donors (Lipinski definition) is 0. The van der Waals surface area contributed by atoms with Crippen molar-refractivity contribution in [2.24, 2.45) is 35.0 Å². The molecule has 1 saturated heterocycles. The Morgan fingerprint density at radius 2 is 1.96 bits per heavy atom. The Morgan fingerprint density at radius 1 is 1.24 bits per heavy atom. The van der Waals surface area contributed by atoms with E-state index in [2.05, 4.69) is 40.3 Å². The number of allylic oxidation sites excluding steroid dienone is 2. The summed E-state index contributed by atoms with van der Waals surface area (Å²) in [5.41, 5.74) is 3.59. The van der Waals surface area contributed by atoms with Crippen molar-refractivity contribution in [2.45, 2.75) is 72.0 Å². The topological polar surface area (TPSA) is 18.5 Å². The molecule has 5 unspecified atom stereocenters. The Kier molecular flexibility index (Phi) is 4.44. The van der Waals surface area contributed by atoms with E-state index in [-0.39, 0.29) is 5.79 Å². The average molecular weight is 345 g/mol. The van der Waals surface area contributed by atoms with Crippen LogP contribution >= 0.6 is 0 Å². The lowest BCUT2D eigenvalue weighted by Crippen LogP contribution is -2.50. The van der Waals surface area contributed by atoms with Crippen molar-refractivity contribution in [3.63, 3.8) is 0 Å². The largest absolute Gasteiger partial charge is 0.347 e. The van der Waals surface area contributed by atoms with Crippen LogP contribution in [-0.2, 0) is 9.47 Å². The fourth-order valence-corrected chi connectivity index (χ4v) is 7.02. The van der Waals surface area contributed by atoms with E-state index >= 15 is 0 Å². The highest BCUT2D eigenvalue weighted by Gasteiger charge is 2.54. The second-order valence-electron chi connectivity index (χ2n) is 9.50. The Labute approximate surface area is 154 Å². The summed E-state index contributed by atoms with van der Waals surface area (Å²) in [5, 5.41) is 0. The minimum absolute atomic E-state index is 0.290. The van der Waals surface area contributed by atoms with Gasteiger partial charge in [0.2, 0.25) is 0 Å². The van der Waals surface area contributed by atoms with Gasteiger partial charge < -0.3 is 9.47 Å². The first-order valence-electron chi connectivity index (χ1n) is 10.6. The summed E-state index contributed by atoms with van der Waals surface area (Å²) in [5.74, 6) is 3.37. The van der Waals surface area contributed by atoms with Gasteiger partial charge in [-0.05, 0) is 60.7 Å². The molecular weight excluding hydrogens is 308 g/mol. The Hall–Kier alpha value is -0.600. The van der Waals surface area contributed by atoms with Gasteiger partial charge in [-0.3, -0.25) is 0 Å². The maximum atomic E-state index is 6.01. The minimum Gasteiger partial charge on any atom is -0.347 e. The van der Waals surface area contributed by atoms with Crippen molar-refractivity contribution in [2.75, 3.05) is 13.2 Å². The molecular formula is C23H36O2. The molecule has 0 aromatic heterocycles. The number of fused-ring (bicyclic) bond motifs is 3. The second-order valence-corrected chi connectivity index (χ2v) is 9.50. The quantitative estimate of drug-likeness (QED) is 0.595.